The molecular formula is C7H9BrN2. The molecule has 0 radical (unpaired) electrons. The number of aromatic amines is 1. The van der Waals surface area contributed by atoms with Gasteiger partial charge >= 0.3 is 0 Å². The van der Waals surface area contributed by atoms with Gasteiger partial charge in [-0.05, 0) is 22.0 Å². The Bertz CT molecular complexity index is 229. The van der Waals surface area contributed by atoms with Crippen LogP contribution in [0.25, 0.3) is 0 Å². The molecule has 1 rings (SSSR count). The molecular weight excluding hydrogens is 192 g/mol. The van der Waals surface area contributed by atoms with Gasteiger partial charge in [0, 0.05) is 11.8 Å². The van der Waals surface area contributed by atoms with Crippen LogP contribution < -0.4 is 5.73 Å². The van der Waals surface area contributed by atoms with Crippen molar-refractivity contribution in [3.63, 3.8) is 0 Å². The highest BCUT2D eigenvalue weighted by Crippen LogP contribution is 2.20. The van der Waals surface area contributed by atoms with Gasteiger partial charge < -0.3 is 10.7 Å². The van der Waals surface area contributed by atoms with Crippen molar-refractivity contribution in [1.29, 1.82) is 0 Å². The summed E-state index contributed by atoms with van der Waals surface area (Å²) in [5, 5.41) is 0. The number of nitrogens with one attached hydrogen (secondary N) is 1. The summed E-state index contributed by atoms with van der Waals surface area (Å²) in [7, 11) is 0. The molecule has 3 N–H and O–H groups in total. The molecule has 0 aliphatic rings. The van der Waals surface area contributed by atoms with Gasteiger partial charge in [-0.25, -0.2) is 0 Å². The minimum absolute atomic E-state index is 0.0828. The van der Waals surface area contributed by atoms with Crippen molar-refractivity contribution < 1.29 is 0 Å². The molecule has 0 saturated heterocycles. The lowest BCUT2D eigenvalue weighted by Crippen LogP contribution is -2.05. The van der Waals surface area contributed by atoms with Crippen molar-refractivity contribution in [2.45, 2.75) is 6.04 Å². The summed E-state index contributed by atoms with van der Waals surface area (Å²) in [5.41, 5.74) is 6.71. The van der Waals surface area contributed by atoms with Crippen LogP contribution in [0.4, 0.5) is 0 Å². The number of hydrogen-bond donors (Lipinski definition) is 2. The summed E-state index contributed by atoms with van der Waals surface area (Å²) in [6.07, 6.45) is 3.54. The number of aromatic nitrogens is 1. The Labute approximate surface area is 68.3 Å². The third kappa shape index (κ3) is 1.30. The van der Waals surface area contributed by atoms with E-state index in [1.165, 1.54) is 0 Å². The lowest BCUT2D eigenvalue weighted by Gasteiger charge is -2.02. The molecule has 0 bridgehead atoms. The SMILES string of the molecule is C=CC(N)c1cc[nH]c1Br. The van der Waals surface area contributed by atoms with E-state index < -0.39 is 0 Å². The third-order valence-electron chi connectivity index (χ3n) is 1.34. The highest BCUT2D eigenvalue weighted by molar-refractivity contribution is 9.10. The molecule has 1 unspecified atom stereocenters. The molecule has 2 nitrogen and oxygen atoms in total. The van der Waals surface area contributed by atoms with Crippen molar-refractivity contribution in [1.82, 2.24) is 4.98 Å². The number of H-pyrrole nitrogens is 1. The predicted octanol–water partition coefficient (Wildman–Crippen LogP) is 1.96. The maximum Gasteiger partial charge on any atom is 0.0871 e. The fourth-order valence-electron chi connectivity index (χ4n) is 0.746. The van der Waals surface area contributed by atoms with Crippen molar-refractivity contribution in [2.75, 3.05) is 0 Å². The molecule has 10 heavy (non-hydrogen) atoms. The number of rotatable bonds is 2. The van der Waals surface area contributed by atoms with E-state index in [1.54, 1.807) is 6.08 Å². The second-order valence-corrected chi connectivity index (χ2v) is 2.80. The zero-order valence-corrected chi connectivity index (χ0v) is 7.06. The summed E-state index contributed by atoms with van der Waals surface area (Å²) in [6.45, 7) is 3.60. The lowest BCUT2D eigenvalue weighted by atomic mass is 10.2. The molecule has 0 amide bonds. The first-order valence-corrected chi connectivity index (χ1v) is 3.76. The number of halogens is 1. The molecule has 3 heteroatoms. The Morgan fingerprint density at radius 1 is 1.80 bits per heavy atom. The van der Waals surface area contributed by atoms with Crippen LogP contribution in [-0.2, 0) is 0 Å². The second-order valence-electron chi connectivity index (χ2n) is 2.01. The predicted molar refractivity (Wildman–Crippen MR) is 45.6 cm³/mol. The molecule has 0 aliphatic heterocycles. The quantitative estimate of drug-likeness (QED) is 0.705. The summed E-state index contributed by atoms with van der Waals surface area (Å²) < 4.78 is 0.930. The molecule has 1 heterocycles. The summed E-state index contributed by atoms with van der Waals surface area (Å²) in [5.74, 6) is 0. The minimum Gasteiger partial charge on any atom is -0.356 e. The van der Waals surface area contributed by atoms with Crippen LogP contribution in [0.2, 0.25) is 0 Å². The number of nitrogens with two attached hydrogens (primary N) is 1. The zero-order valence-electron chi connectivity index (χ0n) is 5.47. The highest BCUT2D eigenvalue weighted by Gasteiger charge is 2.05. The van der Waals surface area contributed by atoms with Crippen LogP contribution >= 0.6 is 15.9 Å². The smallest absolute Gasteiger partial charge is 0.0871 e. The van der Waals surface area contributed by atoms with Crippen molar-refractivity contribution in [3.05, 3.63) is 35.1 Å². The standard InChI is InChI=1S/C7H9BrN2/c1-2-6(9)5-3-4-10-7(5)8/h2-4,6,10H,1,9H2. The summed E-state index contributed by atoms with van der Waals surface area (Å²) in [6, 6.07) is 1.84. The average Bonchev–Trinajstić information content (AvgIpc) is 2.34. The van der Waals surface area contributed by atoms with E-state index in [0.29, 0.717) is 0 Å². The normalized spacial score (nSPS) is 13.0. The molecule has 54 valence electrons. The van der Waals surface area contributed by atoms with Gasteiger partial charge in [-0.2, -0.15) is 0 Å². The Morgan fingerprint density at radius 2 is 2.50 bits per heavy atom. The molecule has 1 aromatic rings. The monoisotopic (exact) mass is 200 g/mol. The van der Waals surface area contributed by atoms with Gasteiger partial charge in [0.2, 0.25) is 0 Å². The molecule has 0 saturated carbocycles. The maximum atomic E-state index is 5.67. The van der Waals surface area contributed by atoms with Gasteiger partial charge in [-0.15, -0.1) is 6.58 Å². The summed E-state index contributed by atoms with van der Waals surface area (Å²) in [4.78, 5) is 2.97. The van der Waals surface area contributed by atoms with Crippen molar-refractivity contribution >= 4 is 15.9 Å². The van der Waals surface area contributed by atoms with E-state index in [0.717, 1.165) is 10.2 Å². The summed E-state index contributed by atoms with van der Waals surface area (Å²) >= 11 is 3.32. The van der Waals surface area contributed by atoms with Gasteiger partial charge in [-0.3, -0.25) is 0 Å². The first-order valence-electron chi connectivity index (χ1n) is 2.96. The lowest BCUT2D eigenvalue weighted by molar-refractivity contribution is 0.909. The Hall–Kier alpha value is -0.540. The maximum absolute atomic E-state index is 5.67. The van der Waals surface area contributed by atoms with E-state index in [1.807, 2.05) is 12.3 Å². The fourth-order valence-corrected chi connectivity index (χ4v) is 1.27. The van der Waals surface area contributed by atoms with Crippen LogP contribution in [0.15, 0.2) is 29.5 Å². The molecule has 0 spiro atoms. The van der Waals surface area contributed by atoms with Crippen LogP contribution in [0.5, 0.6) is 0 Å². The average molecular weight is 201 g/mol. The molecule has 1 atom stereocenters. The van der Waals surface area contributed by atoms with E-state index in [9.17, 15) is 0 Å². The van der Waals surface area contributed by atoms with Crippen LogP contribution in [0.1, 0.15) is 11.6 Å². The van der Waals surface area contributed by atoms with Crippen molar-refractivity contribution in [3.8, 4) is 0 Å². The largest absolute Gasteiger partial charge is 0.356 e. The van der Waals surface area contributed by atoms with Crippen LogP contribution in [0, 0.1) is 0 Å². The van der Waals surface area contributed by atoms with E-state index in [-0.39, 0.29) is 6.04 Å². The van der Waals surface area contributed by atoms with Gasteiger partial charge in [0.25, 0.3) is 0 Å². The van der Waals surface area contributed by atoms with E-state index >= 15 is 0 Å². The molecule has 0 aromatic carbocycles. The Kier molecular flexibility index (Phi) is 2.29. The second kappa shape index (κ2) is 3.03. The van der Waals surface area contributed by atoms with Crippen molar-refractivity contribution in [2.24, 2.45) is 5.73 Å². The van der Waals surface area contributed by atoms with Crippen LogP contribution in [0.3, 0.4) is 0 Å². The minimum atomic E-state index is -0.0828. The third-order valence-corrected chi connectivity index (χ3v) is 2.03. The zero-order chi connectivity index (χ0) is 7.56. The van der Waals surface area contributed by atoms with E-state index in [4.69, 9.17) is 5.73 Å². The molecule has 0 fully saturated rings. The molecule has 1 aromatic heterocycles. The van der Waals surface area contributed by atoms with Gasteiger partial charge in [0.15, 0.2) is 0 Å². The Balaban J connectivity index is 2.92. The van der Waals surface area contributed by atoms with Crippen LogP contribution in [-0.4, -0.2) is 4.98 Å². The van der Waals surface area contributed by atoms with Gasteiger partial charge in [-0.1, -0.05) is 6.08 Å². The van der Waals surface area contributed by atoms with E-state index in [2.05, 4.69) is 27.5 Å². The first kappa shape index (κ1) is 7.57. The Morgan fingerprint density at radius 3 is 2.90 bits per heavy atom. The van der Waals surface area contributed by atoms with Gasteiger partial charge in [0.05, 0.1) is 10.6 Å². The topological polar surface area (TPSA) is 41.8 Å². The van der Waals surface area contributed by atoms with Gasteiger partial charge in [0.1, 0.15) is 0 Å². The first-order chi connectivity index (χ1) is 4.75. The fraction of sp³-hybridized carbons (Fsp3) is 0.143. The molecule has 0 aliphatic carbocycles. The highest BCUT2D eigenvalue weighted by atomic mass is 79.9. The number of hydrogen-bond acceptors (Lipinski definition) is 1.